The van der Waals surface area contributed by atoms with E-state index in [-0.39, 0.29) is 28.4 Å². The number of nitrogens with zero attached hydrogens (tertiary/aromatic N) is 1. The molecule has 5 nitrogen and oxygen atoms in total. The zero-order chi connectivity index (χ0) is 16.3. The van der Waals surface area contributed by atoms with E-state index in [0.29, 0.717) is 25.9 Å². The fraction of sp³-hybridized carbons (Fsp3) is 0.333. The predicted molar refractivity (Wildman–Crippen MR) is 81.2 cm³/mol. The summed E-state index contributed by atoms with van der Waals surface area (Å²) in [6.45, 7) is 4.38. The zero-order valence-electron chi connectivity index (χ0n) is 11.8. The van der Waals surface area contributed by atoms with E-state index in [0.717, 1.165) is 12.1 Å². The van der Waals surface area contributed by atoms with Crippen molar-refractivity contribution >= 4 is 29.1 Å². The third kappa shape index (κ3) is 3.57. The molecule has 0 aliphatic carbocycles. The molecule has 2 rings (SSSR count). The number of hydrogen-bond donors (Lipinski definition) is 2. The highest BCUT2D eigenvalue weighted by molar-refractivity contribution is 6.33. The van der Waals surface area contributed by atoms with Gasteiger partial charge in [0.25, 0.3) is 0 Å². The molecule has 1 saturated heterocycles. The Labute approximate surface area is 132 Å². The predicted octanol–water partition coefficient (Wildman–Crippen LogP) is 2.55. The summed E-state index contributed by atoms with van der Waals surface area (Å²) in [5, 5.41) is 11.8. The number of halogens is 2. The number of phenolic OH excluding ortho intramolecular Hbond substituents is 1. The van der Waals surface area contributed by atoms with Crippen LogP contribution in [0.15, 0.2) is 24.8 Å². The van der Waals surface area contributed by atoms with Crippen LogP contribution in [0.5, 0.6) is 5.75 Å². The van der Waals surface area contributed by atoms with Gasteiger partial charge in [-0.15, -0.1) is 0 Å². The highest BCUT2D eigenvalue weighted by atomic mass is 35.5. The Bertz CT molecular complexity index is 613. The Kier molecular flexibility index (Phi) is 5.03. The molecular weight excluding hydrogens is 311 g/mol. The number of amides is 2. The monoisotopic (exact) mass is 326 g/mol. The fourth-order valence-electron chi connectivity index (χ4n) is 2.36. The molecule has 2 N–H and O–H groups in total. The minimum atomic E-state index is -0.855. The maximum atomic E-state index is 13.3. The van der Waals surface area contributed by atoms with Gasteiger partial charge in [-0.05, 0) is 18.9 Å². The molecule has 0 spiro atoms. The number of carbonyl (C=O) groups excluding carboxylic acids is 2. The lowest BCUT2D eigenvalue weighted by molar-refractivity contribution is -0.130. The summed E-state index contributed by atoms with van der Waals surface area (Å²) in [6, 6.07) is 2.02. The number of piperidine rings is 1. The first kappa shape index (κ1) is 16.3. The second-order valence-electron chi connectivity index (χ2n) is 5.08. The molecule has 1 aromatic rings. The molecule has 1 aliphatic rings. The van der Waals surface area contributed by atoms with Crippen LogP contribution in [0.4, 0.5) is 10.1 Å². The molecule has 7 heteroatoms. The summed E-state index contributed by atoms with van der Waals surface area (Å²) in [5.74, 6) is -2.13. The van der Waals surface area contributed by atoms with Gasteiger partial charge in [-0.25, -0.2) is 4.39 Å². The van der Waals surface area contributed by atoms with Crippen LogP contribution in [0, 0.1) is 11.7 Å². The Morgan fingerprint density at radius 3 is 2.64 bits per heavy atom. The van der Waals surface area contributed by atoms with Crippen LogP contribution in [0.1, 0.15) is 12.8 Å². The van der Waals surface area contributed by atoms with Crippen molar-refractivity contribution in [1.82, 2.24) is 4.90 Å². The quantitative estimate of drug-likeness (QED) is 0.662. The van der Waals surface area contributed by atoms with Gasteiger partial charge in [-0.1, -0.05) is 18.2 Å². The summed E-state index contributed by atoms with van der Waals surface area (Å²) in [7, 11) is 0. The SMILES string of the molecule is C=CC(=O)N1CCC(C(=O)Nc2cc(F)c(O)cc2Cl)CC1. The van der Waals surface area contributed by atoms with Crippen LogP contribution >= 0.6 is 11.6 Å². The maximum absolute atomic E-state index is 13.3. The largest absolute Gasteiger partial charge is 0.505 e. The van der Waals surface area contributed by atoms with Gasteiger partial charge in [0.15, 0.2) is 11.6 Å². The summed E-state index contributed by atoms with van der Waals surface area (Å²) < 4.78 is 13.3. The maximum Gasteiger partial charge on any atom is 0.245 e. The second-order valence-corrected chi connectivity index (χ2v) is 5.48. The Morgan fingerprint density at radius 1 is 1.41 bits per heavy atom. The van der Waals surface area contributed by atoms with Crippen LogP contribution in [-0.4, -0.2) is 34.9 Å². The number of phenols is 1. The van der Waals surface area contributed by atoms with Gasteiger partial charge in [0.1, 0.15) is 0 Å². The molecule has 1 aliphatic heterocycles. The zero-order valence-corrected chi connectivity index (χ0v) is 12.6. The van der Waals surface area contributed by atoms with Gasteiger partial charge in [0.2, 0.25) is 11.8 Å². The molecule has 22 heavy (non-hydrogen) atoms. The minimum Gasteiger partial charge on any atom is -0.505 e. The van der Waals surface area contributed by atoms with Crippen molar-refractivity contribution in [3.05, 3.63) is 35.6 Å². The van der Waals surface area contributed by atoms with Gasteiger partial charge >= 0.3 is 0 Å². The number of aromatic hydroxyl groups is 1. The number of nitrogens with one attached hydrogen (secondary N) is 1. The van der Waals surface area contributed by atoms with Crippen molar-refractivity contribution in [3.8, 4) is 5.75 Å². The summed E-state index contributed by atoms with van der Waals surface area (Å²) in [4.78, 5) is 25.3. The van der Waals surface area contributed by atoms with Crippen LogP contribution in [-0.2, 0) is 9.59 Å². The Balaban J connectivity index is 1.98. The average Bonchev–Trinajstić information content (AvgIpc) is 2.52. The topological polar surface area (TPSA) is 69.6 Å². The first-order valence-corrected chi connectivity index (χ1v) is 7.20. The van der Waals surface area contributed by atoms with Crippen LogP contribution in [0.3, 0.4) is 0 Å². The molecule has 1 fully saturated rings. The smallest absolute Gasteiger partial charge is 0.245 e. The van der Waals surface area contributed by atoms with Gasteiger partial charge < -0.3 is 15.3 Å². The van der Waals surface area contributed by atoms with Crippen molar-refractivity contribution in [2.75, 3.05) is 18.4 Å². The highest BCUT2D eigenvalue weighted by Gasteiger charge is 2.27. The number of benzene rings is 1. The van der Waals surface area contributed by atoms with Crippen molar-refractivity contribution in [2.24, 2.45) is 5.92 Å². The van der Waals surface area contributed by atoms with Crippen LogP contribution < -0.4 is 5.32 Å². The number of rotatable bonds is 3. The summed E-state index contributed by atoms with van der Waals surface area (Å²) in [5.41, 5.74) is 0.117. The van der Waals surface area contributed by atoms with Crippen LogP contribution in [0.25, 0.3) is 0 Å². The molecule has 0 aromatic heterocycles. The molecule has 1 heterocycles. The fourth-order valence-corrected chi connectivity index (χ4v) is 2.56. The number of hydrogen-bond acceptors (Lipinski definition) is 3. The third-order valence-electron chi connectivity index (χ3n) is 3.65. The molecule has 0 saturated carbocycles. The van der Waals surface area contributed by atoms with E-state index in [1.54, 1.807) is 4.90 Å². The first-order valence-electron chi connectivity index (χ1n) is 6.82. The molecular formula is C15H16ClFN2O3. The summed E-state index contributed by atoms with van der Waals surface area (Å²) >= 11 is 5.86. The van der Waals surface area contributed by atoms with E-state index >= 15 is 0 Å². The van der Waals surface area contributed by atoms with Gasteiger partial charge in [-0.2, -0.15) is 0 Å². The van der Waals surface area contributed by atoms with Gasteiger partial charge in [0.05, 0.1) is 10.7 Å². The Hall–Kier alpha value is -2.08. The van der Waals surface area contributed by atoms with Crippen LogP contribution in [0.2, 0.25) is 5.02 Å². The number of carbonyl (C=O) groups is 2. The van der Waals surface area contributed by atoms with E-state index in [9.17, 15) is 19.1 Å². The van der Waals surface area contributed by atoms with E-state index in [1.807, 2.05) is 0 Å². The first-order chi connectivity index (χ1) is 10.4. The van der Waals surface area contributed by atoms with E-state index in [4.69, 9.17) is 11.6 Å². The molecule has 0 radical (unpaired) electrons. The number of anilines is 1. The standard InChI is InChI=1S/C15H16ClFN2O3/c1-2-14(21)19-5-3-9(4-6-19)15(22)18-12-8-11(17)13(20)7-10(12)16/h2,7-9,20H,1,3-6H2,(H,18,22). The summed E-state index contributed by atoms with van der Waals surface area (Å²) in [6.07, 6.45) is 2.28. The lowest BCUT2D eigenvalue weighted by Crippen LogP contribution is -2.40. The lowest BCUT2D eigenvalue weighted by Gasteiger charge is -2.30. The second kappa shape index (κ2) is 6.79. The average molecular weight is 327 g/mol. The Morgan fingerprint density at radius 2 is 2.05 bits per heavy atom. The molecule has 1 aromatic carbocycles. The van der Waals surface area contributed by atoms with Crippen molar-refractivity contribution in [1.29, 1.82) is 0 Å². The normalized spacial score (nSPS) is 15.5. The molecule has 0 bridgehead atoms. The van der Waals surface area contributed by atoms with Crippen molar-refractivity contribution in [2.45, 2.75) is 12.8 Å². The molecule has 0 unspecified atom stereocenters. The van der Waals surface area contributed by atoms with E-state index in [1.165, 1.54) is 6.08 Å². The lowest BCUT2D eigenvalue weighted by atomic mass is 9.95. The van der Waals surface area contributed by atoms with Crippen molar-refractivity contribution in [3.63, 3.8) is 0 Å². The van der Waals surface area contributed by atoms with E-state index < -0.39 is 11.6 Å². The van der Waals surface area contributed by atoms with E-state index in [2.05, 4.69) is 11.9 Å². The molecule has 0 atom stereocenters. The molecule has 118 valence electrons. The van der Waals surface area contributed by atoms with Gasteiger partial charge in [-0.3, -0.25) is 9.59 Å². The van der Waals surface area contributed by atoms with Gasteiger partial charge in [0, 0.05) is 31.1 Å². The number of likely N-dealkylation sites (tertiary alicyclic amines) is 1. The highest BCUT2D eigenvalue weighted by Crippen LogP contribution is 2.30. The third-order valence-corrected chi connectivity index (χ3v) is 3.96. The van der Waals surface area contributed by atoms with Crippen molar-refractivity contribution < 1.29 is 19.1 Å². The minimum absolute atomic E-state index is 0.0616. The molecule has 2 amide bonds.